The predicted octanol–water partition coefficient (Wildman–Crippen LogP) is 1.10. The Hall–Kier alpha value is -1.26. The molecular weight excluding hydrogens is 204 g/mol. The van der Waals surface area contributed by atoms with Crippen LogP contribution in [0, 0.1) is 0 Å². The minimum Gasteiger partial charge on any atom is -0.493 e. The van der Waals surface area contributed by atoms with Gasteiger partial charge in [0.1, 0.15) is 5.75 Å². The summed E-state index contributed by atoms with van der Waals surface area (Å²) in [6.07, 6.45) is 0.225. The second-order valence-electron chi connectivity index (χ2n) is 2.62. The van der Waals surface area contributed by atoms with Crippen molar-refractivity contribution < 1.29 is 9.53 Å². The van der Waals surface area contributed by atoms with Gasteiger partial charge in [0.05, 0.1) is 13.0 Å². The molecule has 3 N–H and O–H groups in total. The molecule has 0 aliphatic heterocycles. The Morgan fingerprint density at radius 3 is 3.00 bits per heavy atom. The van der Waals surface area contributed by atoms with E-state index < -0.39 is 0 Å². The molecule has 14 heavy (non-hydrogen) atoms. The van der Waals surface area contributed by atoms with E-state index >= 15 is 0 Å². The van der Waals surface area contributed by atoms with Crippen molar-refractivity contribution in [1.29, 1.82) is 0 Å². The first-order valence-electron chi connectivity index (χ1n) is 4.10. The van der Waals surface area contributed by atoms with Crippen LogP contribution in [0.3, 0.4) is 0 Å². The van der Waals surface area contributed by atoms with Crippen LogP contribution in [0.5, 0.6) is 5.75 Å². The van der Waals surface area contributed by atoms with Crippen LogP contribution >= 0.6 is 11.6 Å². The number of hydrogen-bond donors (Lipinski definition) is 2. The van der Waals surface area contributed by atoms with Crippen LogP contribution in [-0.2, 0) is 4.79 Å². The van der Waals surface area contributed by atoms with Crippen molar-refractivity contribution in [3.05, 3.63) is 29.3 Å². The SMILES string of the molecule is NNC(=O)CCOc1cccc(Cl)c1. The fourth-order valence-corrected chi connectivity index (χ4v) is 1.07. The molecule has 1 amide bonds. The summed E-state index contributed by atoms with van der Waals surface area (Å²) in [5.74, 6) is 5.28. The van der Waals surface area contributed by atoms with Crippen LogP contribution < -0.4 is 16.0 Å². The number of halogens is 1. The average molecular weight is 215 g/mol. The maximum absolute atomic E-state index is 10.7. The Labute approximate surface area is 87.0 Å². The van der Waals surface area contributed by atoms with E-state index in [1.807, 2.05) is 5.43 Å². The fourth-order valence-electron chi connectivity index (χ4n) is 0.891. The highest BCUT2D eigenvalue weighted by atomic mass is 35.5. The highest BCUT2D eigenvalue weighted by molar-refractivity contribution is 6.30. The molecule has 0 saturated heterocycles. The Kier molecular flexibility index (Phi) is 4.22. The lowest BCUT2D eigenvalue weighted by atomic mass is 10.3. The third-order valence-corrected chi connectivity index (χ3v) is 1.79. The molecule has 0 unspecified atom stereocenters. The fraction of sp³-hybridized carbons (Fsp3) is 0.222. The van der Waals surface area contributed by atoms with Crippen molar-refractivity contribution in [3.8, 4) is 5.75 Å². The predicted molar refractivity (Wildman–Crippen MR) is 53.9 cm³/mol. The molecule has 0 fully saturated rings. The number of rotatable bonds is 4. The van der Waals surface area contributed by atoms with Gasteiger partial charge in [-0.25, -0.2) is 5.84 Å². The van der Waals surface area contributed by atoms with Crippen LogP contribution in [0.2, 0.25) is 5.02 Å². The molecule has 0 heterocycles. The zero-order valence-electron chi connectivity index (χ0n) is 7.50. The lowest BCUT2D eigenvalue weighted by Gasteiger charge is -2.05. The lowest BCUT2D eigenvalue weighted by molar-refractivity contribution is -0.121. The number of carbonyl (C=O) groups excluding carboxylic acids is 1. The number of nitrogens with one attached hydrogen (secondary N) is 1. The van der Waals surface area contributed by atoms with Crippen LogP contribution in [0.1, 0.15) is 6.42 Å². The zero-order chi connectivity index (χ0) is 10.4. The number of nitrogens with two attached hydrogens (primary N) is 1. The van der Waals surface area contributed by atoms with Crippen molar-refractivity contribution in [2.45, 2.75) is 6.42 Å². The van der Waals surface area contributed by atoms with Gasteiger partial charge in [0.15, 0.2) is 0 Å². The van der Waals surface area contributed by atoms with Gasteiger partial charge in [0, 0.05) is 5.02 Å². The minimum atomic E-state index is -0.257. The van der Waals surface area contributed by atoms with Gasteiger partial charge in [-0.05, 0) is 18.2 Å². The molecule has 1 rings (SSSR count). The van der Waals surface area contributed by atoms with Gasteiger partial charge in [0.25, 0.3) is 0 Å². The lowest BCUT2D eigenvalue weighted by Crippen LogP contribution is -2.31. The minimum absolute atomic E-state index is 0.225. The molecule has 0 saturated carbocycles. The summed E-state index contributed by atoms with van der Waals surface area (Å²) in [5, 5.41) is 0.603. The third kappa shape index (κ3) is 3.64. The largest absolute Gasteiger partial charge is 0.493 e. The molecule has 76 valence electrons. The van der Waals surface area contributed by atoms with Crippen LogP contribution in [0.4, 0.5) is 0 Å². The van der Waals surface area contributed by atoms with E-state index in [1.54, 1.807) is 24.3 Å². The summed E-state index contributed by atoms with van der Waals surface area (Å²) in [6.45, 7) is 0.281. The monoisotopic (exact) mass is 214 g/mol. The maximum atomic E-state index is 10.7. The molecule has 0 bridgehead atoms. The Morgan fingerprint density at radius 2 is 2.36 bits per heavy atom. The van der Waals surface area contributed by atoms with E-state index in [0.717, 1.165) is 0 Å². The molecule has 0 atom stereocenters. The van der Waals surface area contributed by atoms with Crippen molar-refractivity contribution in [3.63, 3.8) is 0 Å². The molecule has 1 aromatic rings. The smallest absolute Gasteiger partial charge is 0.237 e. The molecule has 0 aliphatic carbocycles. The van der Waals surface area contributed by atoms with Gasteiger partial charge in [-0.2, -0.15) is 0 Å². The quantitative estimate of drug-likeness (QED) is 0.448. The molecule has 0 spiro atoms. The normalized spacial score (nSPS) is 9.57. The van der Waals surface area contributed by atoms with Gasteiger partial charge in [-0.3, -0.25) is 10.2 Å². The van der Waals surface area contributed by atoms with E-state index in [2.05, 4.69) is 0 Å². The molecular formula is C9H11ClN2O2. The summed E-state index contributed by atoms with van der Waals surface area (Å²) >= 11 is 5.73. The van der Waals surface area contributed by atoms with Crippen LogP contribution in [0.25, 0.3) is 0 Å². The number of carbonyl (C=O) groups is 1. The van der Waals surface area contributed by atoms with Gasteiger partial charge in [-0.15, -0.1) is 0 Å². The number of hydrazine groups is 1. The van der Waals surface area contributed by atoms with Gasteiger partial charge in [0.2, 0.25) is 5.91 Å². The number of amides is 1. The summed E-state index contributed by atoms with van der Waals surface area (Å²) in [5.41, 5.74) is 2.02. The first kappa shape index (κ1) is 10.8. The summed E-state index contributed by atoms with van der Waals surface area (Å²) in [4.78, 5) is 10.7. The van der Waals surface area contributed by atoms with Crippen molar-refractivity contribution in [2.75, 3.05) is 6.61 Å². The summed E-state index contributed by atoms with van der Waals surface area (Å²) in [6, 6.07) is 6.98. The van der Waals surface area contributed by atoms with Crippen LogP contribution in [0.15, 0.2) is 24.3 Å². The average Bonchev–Trinajstić information content (AvgIpc) is 2.17. The topological polar surface area (TPSA) is 64.3 Å². The zero-order valence-corrected chi connectivity index (χ0v) is 8.25. The van der Waals surface area contributed by atoms with Crippen molar-refractivity contribution in [2.24, 2.45) is 5.84 Å². The summed E-state index contributed by atoms with van der Waals surface area (Å²) in [7, 11) is 0. The molecule has 5 heteroatoms. The molecule has 0 aromatic heterocycles. The standard InChI is InChI=1S/C9H11ClN2O2/c10-7-2-1-3-8(6-7)14-5-4-9(13)12-11/h1-3,6H,4-5,11H2,(H,12,13). The van der Waals surface area contributed by atoms with E-state index in [4.69, 9.17) is 22.2 Å². The number of benzene rings is 1. The highest BCUT2D eigenvalue weighted by Gasteiger charge is 1.99. The van der Waals surface area contributed by atoms with Crippen molar-refractivity contribution in [1.82, 2.24) is 5.43 Å². The molecule has 0 radical (unpaired) electrons. The summed E-state index contributed by atoms with van der Waals surface area (Å²) < 4.78 is 5.26. The highest BCUT2D eigenvalue weighted by Crippen LogP contribution is 2.16. The molecule has 4 nitrogen and oxygen atoms in total. The Bertz CT molecular complexity index is 317. The molecule has 0 aliphatic rings. The number of ether oxygens (including phenoxy) is 1. The van der Waals surface area contributed by atoms with Gasteiger partial charge in [-0.1, -0.05) is 17.7 Å². The van der Waals surface area contributed by atoms with Crippen LogP contribution in [-0.4, -0.2) is 12.5 Å². The van der Waals surface area contributed by atoms with E-state index in [9.17, 15) is 4.79 Å². The van der Waals surface area contributed by atoms with E-state index in [0.29, 0.717) is 10.8 Å². The second-order valence-corrected chi connectivity index (χ2v) is 3.06. The second kappa shape index (κ2) is 5.47. The third-order valence-electron chi connectivity index (χ3n) is 1.55. The van der Waals surface area contributed by atoms with E-state index in [-0.39, 0.29) is 18.9 Å². The maximum Gasteiger partial charge on any atom is 0.237 e. The van der Waals surface area contributed by atoms with Crippen molar-refractivity contribution >= 4 is 17.5 Å². The molecule has 1 aromatic carbocycles. The first-order chi connectivity index (χ1) is 6.72. The van der Waals surface area contributed by atoms with Gasteiger partial charge < -0.3 is 4.74 Å². The van der Waals surface area contributed by atoms with Gasteiger partial charge >= 0.3 is 0 Å². The van der Waals surface area contributed by atoms with E-state index in [1.165, 1.54) is 0 Å². The first-order valence-corrected chi connectivity index (χ1v) is 4.48. The Morgan fingerprint density at radius 1 is 1.57 bits per heavy atom. The Balaban J connectivity index is 2.35. The number of hydrogen-bond acceptors (Lipinski definition) is 3.